The molecule has 18 heavy (non-hydrogen) atoms. The molecule has 0 bridgehead atoms. The van der Waals surface area contributed by atoms with E-state index in [-0.39, 0.29) is 5.91 Å². The molecule has 0 aliphatic carbocycles. The number of unbranched alkanes of at least 4 members (excludes halogenated alkanes) is 2. The maximum atomic E-state index is 10.8. The Kier molecular flexibility index (Phi) is 9.72. The molecule has 0 spiro atoms. The van der Waals surface area contributed by atoms with E-state index in [9.17, 15) is 9.59 Å². The SMILES string of the molecule is CC(=O)N[C@@H](CSCCCCCC(O)O)C(=O)O. The van der Waals surface area contributed by atoms with Crippen molar-refractivity contribution in [1.82, 2.24) is 5.32 Å². The zero-order valence-electron chi connectivity index (χ0n) is 10.5. The topological polar surface area (TPSA) is 107 Å². The van der Waals surface area contributed by atoms with E-state index in [1.54, 1.807) is 0 Å². The highest BCUT2D eigenvalue weighted by atomic mass is 32.2. The summed E-state index contributed by atoms with van der Waals surface area (Å²) < 4.78 is 0. The van der Waals surface area contributed by atoms with E-state index < -0.39 is 18.3 Å². The number of hydrogen-bond donors (Lipinski definition) is 4. The van der Waals surface area contributed by atoms with Crippen LogP contribution in [0.3, 0.4) is 0 Å². The van der Waals surface area contributed by atoms with Crippen molar-refractivity contribution < 1.29 is 24.9 Å². The lowest BCUT2D eigenvalue weighted by Crippen LogP contribution is -2.41. The molecular formula is C11H21NO5S. The van der Waals surface area contributed by atoms with Gasteiger partial charge in [-0.25, -0.2) is 4.79 Å². The molecular weight excluding hydrogens is 258 g/mol. The first-order valence-corrected chi connectivity index (χ1v) is 7.02. The molecule has 1 amide bonds. The highest BCUT2D eigenvalue weighted by Gasteiger charge is 2.17. The molecule has 0 fully saturated rings. The summed E-state index contributed by atoms with van der Waals surface area (Å²) in [7, 11) is 0. The van der Waals surface area contributed by atoms with Gasteiger partial charge in [0.05, 0.1) is 0 Å². The summed E-state index contributed by atoms with van der Waals surface area (Å²) in [4.78, 5) is 21.6. The summed E-state index contributed by atoms with van der Waals surface area (Å²) in [6.45, 7) is 1.29. The van der Waals surface area contributed by atoms with Crippen molar-refractivity contribution in [2.24, 2.45) is 0 Å². The van der Waals surface area contributed by atoms with Crippen molar-refractivity contribution in [2.45, 2.75) is 44.9 Å². The van der Waals surface area contributed by atoms with Crippen LogP contribution in [0.1, 0.15) is 32.6 Å². The van der Waals surface area contributed by atoms with E-state index in [0.717, 1.165) is 25.0 Å². The molecule has 0 unspecified atom stereocenters. The van der Waals surface area contributed by atoms with Crippen molar-refractivity contribution in [3.63, 3.8) is 0 Å². The number of amides is 1. The second-order valence-electron chi connectivity index (χ2n) is 4.00. The Morgan fingerprint density at radius 3 is 2.39 bits per heavy atom. The Bertz CT molecular complexity index is 260. The highest BCUT2D eigenvalue weighted by Crippen LogP contribution is 2.10. The Morgan fingerprint density at radius 2 is 1.89 bits per heavy atom. The van der Waals surface area contributed by atoms with Crippen molar-refractivity contribution in [2.75, 3.05) is 11.5 Å². The minimum Gasteiger partial charge on any atom is -0.480 e. The first-order valence-electron chi connectivity index (χ1n) is 5.87. The number of aliphatic hydroxyl groups is 2. The smallest absolute Gasteiger partial charge is 0.327 e. The van der Waals surface area contributed by atoms with Crippen molar-refractivity contribution in [3.8, 4) is 0 Å². The normalized spacial score (nSPS) is 12.4. The van der Waals surface area contributed by atoms with Crippen LogP contribution in [-0.4, -0.2) is 51.0 Å². The van der Waals surface area contributed by atoms with Gasteiger partial charge >= 0.3 is 5.97 Å². The summed E-state index contributed by atoms with van der Waals surface area (Å²) in [6, 6.07) is -0.841. The van der Waals surface area contributed by atoms with Gasteiger partial charge in [-0.1, -0.05) is 6.42 Å². The fourth-order valence-electron chi connectivity index (χ4n) is 1.33. The number of thioether (sulfide) groups is 1. The van der Waals surface area contributed by atoms with Crippen LogP contribution in [0.15, 0.2) is 0 Å². The largest absolute Gasteiger partial charge is 0.480 e. The molecule has 0 aromatic carbocycles. The van der Waals surface area contributed by atoms with E-state index in [1.165, 1.54) is 18.7 Å². The minimum atomic E-state index is -1.24. The zero-order chi connectivity index (χ0) is 14.0. The summed E-state index contributed by atoms with van der Waals surface area (Å²) in [5.74, 6) is -0.233. The lowest BCUT2D eigenvalue weighted by atomic mass is 10.2. The van der Waals surface area contributed by atoms with Crippen LogP contribution in [-0.2, 0) is 9.59 Å². The maximum Gasteiger partial charge on any atom is 0.327 e. The van der Waals surface area contributed by atoms with Crippen LogP contribution in [0.2, 0.25) is 0 Å². The van der Waals surface area contributed by atoms with E-state index in [1.807, 2.05) is 0 Å². The summed E-state index contributed by atoms with van der Waals surface area (Å²) in [6.07, 6.45) is 1.64. The Morgan fingerprint density at radius 1 is 1.22 bits per heavy atom. The first kappa shape index (κ1) is 17.2. The molecule has 0 aliphatic rings. The van der Waals surface area contributed by atoms with Gasteiger partial charge in [0.15, 0.2) is 6.29 Å². The molecule has 4 N–H and O–H groups in total. The summed E-state index contributed by atoms with van der Waals surface area (Å²) in [5, 5.41) is 28.4. The van der Waals surface area contributed by atoms with Gasteiger partial charge in [-0.3, -0.25) is 4.79 Å². The van der Waals surface area contributed by atoms with Gasteiger partial charge in [0.2, 0.25) is 5.91 Å². The average Bonchev–Trinajstić information content (AvgIpc) is 2.25. The molecule has 0 saturated carbocycles. The van der Waals surface area contributed by atoms with Crippen molar-refractivity contribution in [3.05, 3.63) is 0 Å². The van der Waals surface area contributed by atoms with Crippen LogP contribution < -0.4 is 5.32 Å². The van der Waals surface area contributed by atoms with Crippen LogP contribution >= 0.6 is 11.8 Å². The minimum absolute atomic E-state index is 0.345. The second-order valence-corrected chi connectivity index (χ2v) is 5.15. The second kappa shape index (κ2) is 10.2. The maximum absolute atomic E-state index is 10.8. The monoisotopic (exact) mass is 279 g/mol. The van der Waals surface area contributed by atoms with E-state index >= 15 is 0 Å². The summed E-state index contributed by atoms with van der Waals surface area (Å²) in [5.41, 5.74) is 0. The fraction of sp³-hybridized carbons (Fsp3) is 0.818. The average molecular weight is 279 g/mol. The van der Waals surface area contributed by atoms with Gasteiger partial charge < -0.3 is 20.6 Å². The van der Waals surface area contributed by atoms with Gasteiger partial charge in [0.1, 0.15) is 6.04 Å². The zero-order valence-corrected chi connectivity index (χ0v) is 11.3. The number of hydrogen-bond acceptors (Lipinski definition) is 5. The highest BCUT2D eigenvalue weighted by molar-refractivity contribution is 7.99. The van der Waals surface area contributed by atoms with E-state index in [2.05, 4.69) is 5.32 Å². The first-order chi connectivity index (χ1) is 8.43. The van der Waals surface area contributed by atoms with Crippen LogP contribution in [0.5, 0.6) is 0 Å². The number of rotatable bonds is 10. The van der Waals surface area contributed by atoms with Crippen molar-refractivity contribution in [1.29, 1.82) is 0 Å². The molecule has 0 radical (unpaired) electrons. The molecule has 0 aromatic rings. The van der Waals surface area contributed by atoms with Crippen LogP contribution in [0.4, 0.5) is 0 Å². The molecule has 0 rings (SSSR count). The molecule has 0 aliphatic heterocycles. The quantitative estimate of drug-likeness (QED) is 0.336. The Balaban J connectivity index is 3.55. The predicted octanol–water partition coefficient (Wildman–Crippen LogP) is 0.180. The third-order valence-electron chi connectivity index (χ3n) is 2.21. The summed E-state index contributed by atoms with van der Waals surface area (Å²) >= 11 is 1.47. The molecule has 6 nitrogen and oxygen atoms in total. The predicted molar refractivity (Wildman–Crippen MR) is 69.3 cm³/mol. The van der Waals surface area contributed by atoms with Gasteiger partial charge in [0.25, 0.3) is 0 Å². The van der Waals surface area contributed by atoms with Crippen LogP contribution in [0, 0.1) is 0 Å². The number of carbonyl (C=O) groups excluding carboxylic acids is 1. The third kappa shape index (κ3) is 10.4. The van der Waals surface area contributed by atoms with Crippen LogP contribution in [0.25, 0.3) is 0 Å². The van der Waals surface area contributed by atoms with E-state index in [4.69, 9.17) is 15.3 Å². The number of carbonyl (C=O) groups is 2. The van der Waals surface area contributed by atoms with Gasteiger partial charge in [-0.05, 0) is 25.0 Å². The lowest BCUT2D eigenvalue weighted by molar-refractivity contribution is -0.140. The number of carboxylic acids is 1. The number of aliphatic hydroxyl groups excluding tert-OH is 1. The number of carboxylic acid groups (broad SMARTS) is 1. The molecule has 0 heterocycles. The lowest BCUT2D eigenvalue weighted by Gasteiger charge is -2.12. The fourth-order valence-corrected chi connectivity index (χ4v) is 2.37. The Hall–Kier alpha value is -0.790. The number of aliphatic carboxylic acids is 1. The van der Waals surface area contributed by atoms with Gasteiger partial charge in [-0.15, -0.1) is 0 Å². The standard InChI is InChI=1S/C11H21NO5S/c1-8(13)12-9(11(16)17)7-18-6-4-2-3-5-10(14)15/h9-10,14-15H,2-7H2,1H3,(H,12,13)(H,16,17)/t9-/m0/s1. The number of nitrogens with one attached hydrogen (secondary N) is 1. The van der Waals surface area contributed by atoms with E-state index in [0.29, 0.717) is 12.2 Å². The Labute approximate surface area is 111 Å². The molecule has 0 saturated heterocycles. The van der Waals surface area contributed by atoms with Crippen molar-refractivity contribution >= 4 is 23.6 Å². The van der Waals surface area contributed by atoms with Gasteiger partial charge in [0, 0.05) is 12.7 Å². The molecule has 1 atom stereocenters. The van der Waals surface area contributed by atoms with Gasteiger partial charge in [-0.2, -0.15) is 11.8 Å². The molecule has 0 aromatic heterocycles. The third-order valence-corrected chi connectivity index (χ3v) is 3.36. The molecule has 7 heteroatoms. The molecule has 106 valence electrons.